The molecule has 1 unspecified atom stereocenters. The van der Waals surface area contributed by atoms with Gasteiger partial charge in [-0.1, -0.05) is 5.21 Å². The quantitative estimate of drug-likeness (QED) is 0.693. The van der Waals surface area contributed by atoms with Gasteiger partial charge in [-0.05, 0) is 12.8 Å². The van der Waals surface area contributed by atoms with Gasteiger partial charge in [0, 0.05) is 19.6 Å². The molecule has 1 aliphatic rings. The Morgan fingerprint density at radius 1 is 1.65 bits per heavy atom. The van der Waals surface area contributed by atoms with Gasteiger partial charge in [0.1, 0.15) is 0 Å². The molecule has 0 aliphatic carbocycles. The number of aliphatic hydroxyl groups excluding tert-OH is 1. The van der Waals surface area contributed by atoms with Gasteiger partial charge in [0.25, 0.3) is 5.91 Å². The first kappa shape index (κ1) is 12.0. The van der Waals surface area contributed by atoms with Crippen LogP contribution < -0.4 is 5.73 Å². The zero-order valence-corrected chi connectivity index (χ0v) is 9.62. The highest BCUT2D eigenvalue weighted by Gasteiger charge is 2.24. The van der Waals surface area contributed by atoms with Crippen molar-refractivity contribution in [2.24, 2.45) is 5.73 Å². The molecule has 1 fully saturated rings. The third-order valence-corrected chi connectivity index (χ3v) is 2.80. The van der Waals surface area contributed by atoms with Gasteiger partial charge >= 0.3 is 0 Å². The van der Waals surface area contributed by atoms with Crippen LogP contribution in [0.25, 0.3) is 0 Å². The van der Waals surface area contributed by atoms with Crippen molar-refractivity contribution >= 4 is 5.91 Å². The molecule has 7 heteroatoms. The van der Waals surface area contributed by atoms with Crippen LogP contribution in [0.1, 0.15) is 23.3 Å². The molecule has 1 amide bonds. The van der Waals surface area contributed by atoms with Crippen molar-refractivity contribution in [1.82, 2.24) is 19.9 Å². The molecule has 17 heavy (non-hydrogen) atoms. The molecular formula is C10H17N5O2. The fourth-order valence-electron chi connectivity index (χ4n) is 1.94. The summed E-state index contributed by atoms with van der Waals surface area (Å²) in [4.78, 5) is 13.6. The third kappa shape index (κ3) is 2.80. The van der Waals surface area contributed by atoms with E-state index in [0.717, 1.165) is 12.8 Å². The van der Waals surface area contributed by atoms with Crippen molar-refractivity contribution < 1.29 is 9.90 Å². The van der Waals surface area contributed by atoms with Gasteiger partial charge in [-0.3, -0.25) is 9.48 Å². The van der Waals surface area contributed by atoms with E-state index in [2.05, 4.69) is 10.3 Å². The molecule has 0 radical (unpaired) electrons. The van der Waals surface area contributed by atoms with E-state index in [1.165, 1.54) is 0 Å². The maximum Gasteiger partial charge on any atom is 0.276 e. The molecule has 7 nitrogen and oxygen atoms in total. The van der Waals surface area contributed by atoms with Crippen LogP contribution in [0.4, 0.5) is 0 Å². The lowest BCUT2D eigenvalue weighted by atomic mass is 10.1. The lowest BCUT2D eigenvalue weighted by Crippen LogP contribution is -2.42. The Labute approximate surface area is 99.2 Å². The molecule has 1 aliphatic heterocycles. The normalized spacial score (nSPS) is 20.6. The Bertz CT molecular complexity index is 392. The van der Waals surface area contributed by atoms with Crippen LogP contribution >= 0.6 is 0 Å². The highest BCUT2D eigenvalue weighted by atomic mass is 16.3. The van der Waals surface area contributed by atoms with Gasteiger partial charge in [0.05, 0.1) is 18.8 Å². The Morgan fingerprint density at radius 3 is 3.18 bits per heavy atom. The molecule has 1 atom stereocenters. The molecule has 0 spiro atoms. The largest absolute Gasteiger partial charge is 0.391 e. The SMILES string of the molecule is NCCn1cc(C(=O)N2CCCC(O)C2)nn1. The van der Waals surface area contributed by atoms with Crippen LogP contribution in [0, 0.1) is 0 Å². The van der Waals surface area contributed by atoms with E-state index in [-0.39, 0.29) is 5.91 Å². The summed E-state index contributed by atoms with van der Waals surface area (Å²) in [6.45, 7) is 2.05. The Morgan fingerprint density at radius 2 is 2.47 bits per heavy atom. The zero-order valence-electron chi connectivity index (χ0n) is 9.62. The number of rotatable bonds is 3. The first-order valence-electron chi connectivity index (χ1n) is 5.78. The number of amides is 1. The fraction of sp³-hybridized carbons (Fsp3) is 0.700. The van der Waals surface area contributed by atoms with E-state index in [0.29, 0.717) is 31.9 Å². The second-order valence-corrected chi connectivity index (χ2v) is 4.20. The molecule has 2 heterocycles. The molecule has 0 bridgehead atoms. The summed E-state index contributed by atoms with van der Waals surface area (Å²) in [5, 5.41) is 17.2. The number of hydrogen-bond acceptors (Lipinski definition) is 5. The highest BCUT2D eigenvalue weighted by molar-refractivity contribution is 5.92. The number of likely N-dealkylation sites (tertiary alicyclic amines) is 1. The summed E-state index contributed by atoms with van der Waals surface area (Å²) in [7, 11) is 0. The number of hydrogen-bond donors (Lipinski definition) is 2. The second-order valence-electron chi connectivity index (χ2n) is 4.20. The monoisotopic (exact) mass is 239 g/mol. The highest BCUT2D eigenvalue weighted by Crippen LogP contribution is 2.12. The number of carbonyl (C=O) groups is 1. The zero-order chi connectivity index (χ0) is 12.3. The first-order chi connectivity index (χ1) is 8.20. The number of aromatic nitrogens is 3. The Balaban J connectivity index is 2.02. The van der Waals surface area contributed by atoms with Crippen molar-refractivity contribution in [3.8, 4) is 0 Å². The summed E-state index contributed by atoms with van der Waals surface area (Å²) in [5.74, 6) is -0.174. The molecule has 0 saturated carbocycles. The van der Waals surface area contributed by atoms with Gasteiger partial charge in [-0.15, -0.1) is 5.10 Å². The lowest BCUT2D eigenvalue weighted by molar-refractivity contribution is 0.0469. The van der Waals surface area contributed by atoms with E-state index in [1.54, 1.807) is 15.8 Å². The van der Waals surface area contributed by atoms with Crippen LogP contribution in [-0.4, -0.2) is 56.6 Å². The number of aliphatic hydroxyl groups is 1. The smallest absolute Gasteiger partial charge is 0.276 e. The van der Waals surface area contributed by atoms with E-state index in [9.17, 15) is 9.90 Å². The summed E-state index contributed by atoms with van der Waals surface area (Å²) >= 11 is 0. The number of carbonyl (C=O) groups excluding carboxylic acids is 1. The molecule has 1 saturated heterocycles. The van der Waals surface area contributed by atoms with Crippen LogP contribution in [0.3, 0.4) is 0 Å². The summed E-state index contributed by atoms with van der Waals surface area (Å²) in [6.07, 6.45) is 2.75. The average Bonchev–Trinajstić information content (AvgIpc) is 2.77. The van der Waals surface area contributed by atoms with Crippen molar-refractivity contribution in [2.75, 3.05) is 19.6 Å². The Kier molecular flexibility index (Phi) is 3.70. The molecule has 94 valence electrons. The first-order valence-corrected chi connectivity index (χ1v) is 5.78. The van der Waals surface area contributed by atoms with Gasteiger partial charge in [-0.25, -0.2) is 0 Å². The standard InChI is InChI=1S/C10H17N5O2/c11-3-5-15-7-9(12-13-15)10(17)14-4-1-2-8(16)6-14/h7-8,16H,1-6,11H2. The van der Waals surface area contributed by atoms with Crippen LogP contribution in [-0.2, 0) is 6.54 Å². The number of piperidine rings is 1. The van der Waals surface area contributed by atoms with E-state index in [1.807, 2.05) is 0 Å². The van der Waals surface area contributed by atoms with Crippen LogP contribution in [0.5, 0.6) is 0 Å². The molecule has 0 aromatic carbocycles. The van der Waals surface area contributed by atoms with Crippen molar-refractivity contribution in [3.63, 3.8) is 0 Å². The lowest BCUT2D eigenvalue weighted by Gasteiger charge is -2.29. The molecular weight excluding hydrogens is 222 g/mol. The van der Waals surface area contributed by atoms with Gasteiger partial charge in [-0.2, -0.15) is 0 Å². The molecule has 2 rings (SSSR count). The molecule has 1 aromatic heterocycles. The maximum absolute atomic E-state index is 12.0. The fourth-order valence-corrected chi connectivity index (χ4v) is 1.94. The maximum atomic E-state index is 12.0. The predicted octanol–water partition coefficient (Wildman–Crippen LogP) is -1.17. The summed E-state index contributed by atoms with van der Waals surface area (Å²) < 4.78 is 1.55. The number of β-amino-alcohol motifs (C(OH)–C–C–N with tert-alkyl or cyclic N) is 1. The summed E-state index contributed by atoms with van der Waals surface area (Å²) in [5.41, 5.74) is 5.70. The van der Waals surface area contributed by atoms with Crippen molar-refractivity contribution in [2.45, 2.75) is 25.5 Å². The van der Waals surface area contributed by atoms with Gasteiger partial charge in [0.2, 0.25) is 0 Å². The second kappa shape index (κ2) is 5.24. The summed E-state index contributed by atoms with van der Waals surface area (Å²) in [6, 6.07) is 0. The van der Waals surface area contributed by atoms with Gasteiger partial charge < -0.3 is 15.7 Å². The number of nitrogens with zero attached hydrogens (tertiary/aromatic N) is 4. The number of nitrogens with two attached hydrogens (primary N) is 1. The third-order valence-electron chi connectivity index (χ3n) is 2.80. The van der Waals surface area contributed by atoms with E-state index < -0.39 is 6.10 Å². The van der Waals surface area contributed by atoms with Gasteiger partial charge in [0.15, 0.2) is 5.69 Å². The molecule has 1 aromatic rings. The predicted molar refractivity (Wildman–Crippen MR) is 60.2 cm³/mol. The van der Waals surface area contributed by atoms with Crippen molar-refractivity contribution in [1.29, 1.82) is 0 Å². The van der Waals surface area contributed by atoms with E-state index in [4.69, 9.17) is 5.73 Å². The Hall–Kier alpha value is -1.47. The van der Waals surface area contributed by atoms with Crippen molar-refractivity contribution in [3.05, 3.63) is 11.9 Å². The van der Waals surface area contributed by atoms with Crippen LogP contribution in [0.15, 0.2) is 6.20 Å². The minimum atomic E-state index is -0.424. The minimum Gasteiger partial charge on any atom is -0.391 e. The minimum absolute atomic E-state index is 0.174. The topological polar surface area (TPSA) is 97.3 Å². The van der Waals surface area contributed by atoms with E-state index >= 15 is 0 Å². The van der Waals surface area contributed by atoms with Crippen LogP contribution in [0.2, 0.25) is 0 Å². The average molecular weight is 239 g/mol. The molecule has 3 N–H and O–H groups in total.